The summed E-state index contributed by atoms with van der Waals surface area (Å²) in [6.45, 7) is 6.88. The van der Waals surface area contributed by atoms with Crippen molar-refractivity contribution in [3.05, 3.63) is 12.7 Å². The van der Waals surface area contributed by atoms with Gasteiger partial charge in [-0.15, -0.1) is 0 Å². The largest absolute Gasteiger partial charge is 0.389 e. The fourth-order valence-corrected chi connectivity index (χ4v) is 0.340. The molecule has 0 rings (SSSR count). The van der Waals surface area contributed by atoms with E-state index >= 15 is 0 Å². The van der Waals surface area contributed by atoms with Gasteiger partial charge in [0.15, 0.2) is 0 Å². The van der Waals surface area contributed by atoms with Gasteiger partial charge in [-0.1, -0.05) is 18.4 Å². The van der Waals surface area contributed by atoms with Crippen LogP contribution in [-0.2, 0) is 0 Å². The van der Waals surface area contributed by atoms with Gasteiger partial charge < -0.3 is 5.11 Å². The SMILES string of the molecule is C=CC#CCC(C)(C)O. The summed E-state index contributed by atoms with van der Waals surface area (Å²) in [7, 11) is 0. The Hall–Kier alpha value is -0.740. The number of hydrogen-bond acceptors (Lipinski definition) is 1. The molecule has 0 saturated carbocycles. The molecule has 1 N–H and O–H groups in total. The van der Waals surface area contributed by atoms with Gasteiger partial charge in [-0.25, -0.2) is 0 Å². The van der Waals surface area contributed by atoms with Crippen LogP contribution in [-0.4, -0.2) is 10.7 Å². The maximum Gasteiger partial charge on any atom is 0.0700 e. The molecule has 0 heterocycles. The van der Waals surface area contributed by atoms with E-state index in [9.17, 15) is 0 Å². The molecule has 50 valence electrons. The zero-order chi connectivity index (χ0) is 7.33. The van der Waals surface area contributed by atoms with Crippen molar-refractivity contribution >= 4 is 0 Å². The molecule has 0 fully saturated rings. The Morgan fingerprint density at radius 1 is 1.67 bits per heavy atom. The molecule has 0 aliphatic rings. The molecule has 0 aromatic heterocycles. The Morgan fingerprint density at radius 3 is 2.56 bits per heavy atom. The molecule has 0 aliphatic heterocycles. The van der Waals surface area contributed by atoms with Crippen LogP contribution in [0.1, 0.15) is 20.3 Å². The van der Waals surface area contributed by atoms with Crippen LogP contribution < -0.4 is 0 Å². The molecule has 0 spiro atoms. The molecule has 0 unspecified atom stereocenters. The summed E-state index contributed by atoms with van der Waals surface area (Å²) >= 11 is 0. The van der Waals surface area contributed by atoms with Gasteiger partial charge in [-0.2, -0.15) is 0 Å². The summed E-state index contributed by atoms with van der Waals surface area (Å²) in [5, 5.41) is 9.11. The van der Waals surface area contributed by atoms with Crippen molar-refractivity contribution in [3.63, 3.8) is 0 Å². The Kier molecular flexibility index (Phi) is 3.05. The zero-order valence-electron chi connectivity index (χ0n) is 5.94. The minimum absolute atomic E-state index is 0.499. The van der Waals surface area contributed by atoms with Crippen LogP contribution in [0.5, 0.6) is 0 Å². The van der Waals surface area contributed by atoms with Crippen LogP contribution in [0.3, 0.4) is 0 Å². The quantitative estimate of drug-likeness (QED) is 0.523. The second-order valence-electron chi connectivity index (χ2n) is 2.51. The molecule has 1 nitrogen and oxygen atoms in total. The Labute approximate surface area is 56.4 Å². The highest BCUT2D eigenvalue weighted by molar-refractivity contribution is 5.13. The minimum atomic E-state index is -0.671. The third-order valence-electron chi connectivity index (χ3n) is 0.725. The maximum atomic E-state index is 9.11. The Bertz CT molecular complexity index is 140. The summed E-state index contributed by atoms with van der Waals surface area (Å²) in [6, 6.07) is 0. The highest BCUT2D eigenvalue weighted by Crippen LogP contribution is 2.04. The molecule has 0 bridgehead atoms. The first-order chi connectivity index (χ1) is 4.06. The van der Waals surface area contributed by atoms with Gasteiger partial charge in [-0.05, 0) is 19.9 Å². The van der Waals surface area contributed by atoms with Gasteiger partial charge in [0.1, 0.15) is 0 Å². The lowest BCUT2D eigenvalue weighted by molar-refractivity contribution is 0.0862. The summed E-state index contributed by atoms with van der Waals surface area (Å²) in [4.78, 5) is 0. The molecule has 0 aliphatic carbocycles. The van der Waals surface area contributed by atoms with Crippen molar-refractivity contribution in [2.24, 2.45) is 0 Å². The van der Waals surface area contributed by atoms with E-state index in [0.717, 1.165) is 0 Å². The molecule has 0 aromatic rings. The van der Waals surface area contributed by atoms with Crippen LogP contribution in [0.25, 0.3) is 0 Å². The Morgan fingerprint density at radius 2 is 2.22 bits per heavy atom. The second-order valence-corrected chi connectivity index (χ2v) is 2.51. The average molecular weight is 124 g/mol. The standard InChI is InChI=1S/C8H12O/c1-4-5-6-7-8(2,3)9/h4,9H,1,7H2,2-3H3. The number of rotatable bonds is 1. The Balaban J connectivity index is 3.62. The first-order valence-corrected chi connectivity index (χ1v) is 2.88. The predicted molar refractivity (Wildman–Crippen MR) is 38.9 cm³/mol. The molecule has 0 atom stereocenters. The molecular weight excluding hydrogens is 112 g/mol. The van der Waals surface area contributed by atoms with E-state index in [1.807, 2.05) is 0 Å². The van der Waals surface area contributed by atoms with E-state index in [0.29, 0.717) is 6.42 Å². The van der Waals surface area contributed by atoms with Crippen LogP contribution in [0.4, 0.5) is 0 Å². The van der Waals surface area contributed by atoms with Crippen molar-refractivity contribution in [2.45, 2.75) is 25.9 Å². The van der Waals surface area contributed by atoms with Crippen LogP contribution in [0.15, 0.2) is 12.7 Å². The summed E-state index contributed by atoms with van der Waals surface area (Å²) in [6.07, 6.45) is 2.02. The molecule has 1 heteroatoms. The topological polar surface area (TPSA) is 20.2 Å². The van der Waals surface area contributed by atoms with Gasteiger partial charge >= 0.3 is 0 Å². The molecule has 0 amide bonds. The molecule has 0 radical (unpaired) electrons. The van der Waals surface area contributed by atoms with E-state index in [4.69, 9.17) is 5.11 Å². The fraction of sp³-hybridized carbons (Fsp3) is 0.500. The molecular formula is C8H12O. The van der Waals surface area contributed by atoms with Gasteiger partial charge in [0.2, 0.25) is 0 Å². The van der Waals surface area contributed by atoms with Gasteiger partial charge in [0, 0.05) is 6.42 Å². The first-order valence-electron chi connectivity index (χ1n) is 2.88. The van der Waals surface area contributed by atoms with Crippen molar-refractivity contribution in [2.75, 3.05) is 0 Å². The van der Waals surface area contributed by atoms with Crippen molar-refractivity contribution in [1.82, 2.24) is 0 Å². The fourth-order valence-electron chi connectivity index (χ4n) is 0.340. The average Bonchev–Trinajstić information content (AvgIpc) is 1.63. The van der Waals surface area contributed by atoms with Crippen molar-refractivity contribution in [1.29, 1.82) is 0 Å². The van der Waals surface area contributed by atoms with E-state index in [1.165, 1.54) is 6.08 Å². The van der Waals surface area contributed by atoms with E-state index in [1.54, 1.807) is 13.8 Å². The number of allylic oxidation sites excluding steroid dienone is 1. The maximum absolute atomic E-state index is 9.11. The van der Waals surface area contributed by atoms with Crippen molar-refractivity contribution in [3.8, 4) is 11.8 Å². The summed E-state index contributed by atoms with van der Waals surface area (Å²) < 4.78 is 0. The summed E-state index contributed by atoms with van der Waals surface area (Å²) in [5.41, 5.74) is -0.671. The highest BCUT2D eigenvalue weighted by Gasteiger charge is 2.08. The number of hydrogen-bond donors (Lipinski definition) is 1. The predicted octanol–water partition coefficient (Wildman–Crippen LogP) is 1.34. The first kappa shape index (κ1) is 8.26. The normalized spacial score (nSPS) is 9.67. The molecule has 0 aromatic carbocycles. The highest BCUT2D eigenvalue weighted by atomic mass is 16.3. The smallest absolute Gasteiger partial charge is 0.0700 e. The van der Waals surface area contributed by atoms with Gasteiger partial charge in [0.05, 0.1) is 5.60 Å². The lowest BCUT2D eigenvalue weighted by atomic mass is 10.1. The molecule has 9 heavy (non-hydrogen) atoms. The zero-order valence-corrected chi connectivity index (χ0v) is 5.94. The van der Waals surface area contributed by atoms with Crippen LogP contribution in [0.2, 0.25) is 0 Å². The molecule has 0 saturated heterocycles. The third-order valence-corrected chi connectivity index (χ3v) is 0.725. The van der Waals surface area contributed by atoms with E-state index < -0.39 is 5.60 Å². The monoisotopic (exact) mass is 124 g/mol. The van der Waals surface area contributed by atoms with Crippen LogP contribution in [0, 0.1) is 11.8 Å². The van der Waals surface area contributed by atoms with Crippen molar-refractivity contribution < 1.29 is 5.11 Å². The van der Waals surface area contributed by atoms with Crippen LogP contribution >= 0.6 is 0 Å². The third kappa shape index (κ3) is 7.26. The lowest BCUT2D eigenvalue weighted by Crippen LogP contribution is -2.16. The number of aliphatic hydroxyl groups is 1. The minimum Gasteiger partial charge on any atom is -0.389 e. The second kappa shape index (κ2) is 3.32. The van der Waals surface area contributed by atoms with E-state index in [-0.39, 0.29) is 0 Å². The lowest BCUT2D eigenvalue weighted by Gasteiger charge is -2.11. The van der Waals surface area contributed by atoms with Gasteiger partial charge in [-0.3, -0.25) is 0 Å². The summed E-state index contributed by atoms with van der Waals surface area (Å²) in [5.74, 6) is 5.42. The van der Waals surface area contributed by atoms with E-state index in [2.05, 4.69) is 18.4 Å². The van der Waals surface area contributed by atoms with Gasteiger partial charge in [0.25, 0.3) is 0 Å².